The minimum absolute atomic E-state index is 0.254. The average Bonchev–Trinajstić information content (AvgIpc) is 1.86. The predicted molar refractivity (Wildman–Crippen MR) is 45.3 cm³/mol. The van der Waals surface area contributed by atoms with Gasteiger partial charge in [0, 0.05) is 6.92 Å². The first-order chi connectivity index (χ1) is 5.07. The van der Waals surface area contributed by atoms with Gasteiger partial charge in [-0.3, -0.25) is 9.59 Å². The maximum Gasteiger partial charge on any atom is 0.240 e. The fourth-order valence-electron chi connectivity index (χ4n) is 0.660. The van der Waals surface area contributed by atoms with E-state index in [9.17, 15) is 9.59 Å². The molecule has 0 aromatic rings. The van der Waals surface area contributed by atoms with Crippen LogP contribution in [0.3, 0.4) is 0 Å². The molecule has 3 N–H and O–H groups in total. The highest BCUT2D eigenvalue weighted by Gasteiger charge is 2.14. The molecule has 0 saturated heterocycles. The lowest BCUT2D eigenvalue weighted by Gasteiger charge is -2.11. The highest BCUT2D eigenvalue weighted by Crippen LogP contribution is 1.92. The van der Waals surface area contributed by atoms with Crippen LogP contribution in [0.15, 0.2) is 0 Å². The Balaban J connectivity index is 3.89. The molecule has 0 heterocycles. The van der Waals surface area contributed by atoms with Gasteiger partial charge in [-0.05, 0) is 12.2 Å². The molecule has 0 rings (SSSR count). The summed E-state index contributed by atoms with van der Waals surface area (Å²) in [6, 6.07) is -0.579. The molecule has 0 aromatic carbocycles. The Morgan fingerprint density at radius 2 is 2.18 bits per heavy atom. The summed E-state index contributed by atoms with van der Waals surface area (Å²) in [6.45, 7) is 1.34. The molecular formula is C6H12N2O2S. The number of primary amides is 1. The van der Waals surface area contributed by atoms with Gasteiger partial charge in [-0.2, -0.15) is 12.6 Å². The van der Waals surface area contributed by atoms with Gasteiger partial charge in [0.05, 0.1) is 0 Å². The van der Waals surface area contributed by atoms with Crippen molar-refractivity contribution in [1.29, 1.82) is 0 Å². The van der Waals surface area contributed by atoms with Crippen LogP contribution in [0, 0.1) is 0 Å². The summed E-state index contributed by atoms with van der Waals surface area (Å²) >= 11 is 3.92. The lowest BCUT2D eigenvalue weighted by Crippen LogP contribution is -2.43. The molecule has 0 radical (unpaired) electrons. The third kappa shape index (κ3) is 4.66. The Kier molecular flexibility index (Phi) is 4.69. The molecule has 0 unspecified atom stereocenters. The van der Waals surface area contributed by atoms with Crippen molar-refractivity contribution in [2.45, 2.75) is 19.4 Å². The van der Waals surface area contributed by atoms with Crippen molar-refractivity contribution in [1.82, 2.24) is 5.32 Å². The quantitative estimate of drug-likeness (QED) is 0.495. The molecule has 2 amide bonds. The first-order valence-corrected chi connectivity index (χ1v) is 3.88. The van der Waals surface area contributed by atoms with Crippen LogP contribution in [0.2, 0.25) is 0 Å². The standard InChI is InChI=1S/C6H12N2O2S/c1-4(9)8-5(2-3-11)6(7)10/h5,11H,2-3H2,1H3,(H2,7,10)(H,8,9)/t5-/m0/s1. The van der Waals surface area contributed by atoms with E-state index in [1.807, 2.05) is 0 Å². The number of amides is 2. The zero-order chi connectivity index (χ0) is 8.85. The van der Waals surface area contributed by atoms with Crippen molar-refractivity contribution in [3.63, 3.8) is 0 Å². The van der Waals surface area contributed by atoms with Gasteiger partial charge in [-0.15, -0.1) is 0 Å². The highest BCUT2D eigenvalue weighted by molar-refractivity contribution is 7.80. The van der Waals surface area contributed by atoms with Gasteiger partial charge >= 0.3 is 0 Å². The topological polar surface area (TPSA) is 72.2 Å². The molecule has 0 aliphatic heterocycles. The maximum absolute atomic E-state index is 10.6. The highest BCUT2D eigenvalue weighted by atomic mass is 32.1. The summed E-state index contributed by atoms with van der Waals surface area (Å²) in [4.78, 5) is 21.1. The molecule has 0 aliphatic rings. The Morgan fingerprint density at radius 3 is 2.45 bits per heavy atom. The molecule has 1 atom stereocenters. The summed E-state index contributed by atoms with van der Waals surface area (Å²) in [5.41, 5.74) is 4.98. The maximum atomic E-state index is 10.6. The number of nitrogens with two attached hydrogens (primary N) is 1. The van der Waals surface area contributed by atoms with Crippen LogP contribution < -0.4 is 11.1 Å². The summed E-state index contributed by atoms with van der Waals surface area (Å²) in [7, 11) is 0. The number of thiol groups is 1. The summed E-state index contributed by atoms with van der Waals surface area (Å²) in [6.07, 6.45) is 0.470. The van der Waals surface area contributed by atoms with Crippen LogP contribution >= 0.6 is 12.6 Å². The monoisotopic (exact) mass is 176 g/mol. The summed E-state index contributed by atoms with van der Waals surface area (Å²) in [5, 5.41) is 2.42. The number of carbonyl (C=O) groups is 2. The summed E-state index contributed by atoms with van der Waals surface area (Å²) in [5.74, 6) is -0.252. The molecule has 5 heteroatoms. The molecule has 4 nitrogen and oxygen atoms in total. The molecule has 64 valence electrons. The first-order valence-electron chi connectivity index (χ1n) is 3.25. The normalized spacial score (nSPS) is 12.2. The fourth-order valence-corrected chi connectivity index (χ4v) is 0.918. The molecule has 0 aromatic heterocycles. The van der Waals surface area contributed by atoms with Gasteiger partial charge in [0.2, 0.25) is 11.8 Å². The molecule has 0 fully saturated rings. The number of carbonyl (C=O) groups excluding carboxylic acids is 2. The summed E-state index contributed by atoms with van der Waals surface area (Å²) < 4.78 is 0. The minimum atomic E-state index is -0.579. The van der Waals surface area contributed by atoms with Gasteiger partial charge in [0.15, 0.2) is 0 Å². The fraction of sp³-hybridized carbons (Fsp3) is 0.667. The van der Waals surface area contributed by atoms with Gasteiger partial charge in [-0.1, -0.05) is 0 Å². The van der Waals surface area contributed by atoms with Crippen LogP contribution in [-0.4, -0.2) is 23.6 Å². The van der Waals surface area contributed by atoms with Crippen LogP contribution in [0.25, 0.3) is 0 Å². The first kappa shape index (κ1) is 10.3. The van der Waals surface area contributed by atoms with Crippen molar-refractivity contribution in [3.8, 4) is 0 Å². The van der Waals surface area contributed by atoms with E-state index in [0.29, 0.717) is 12.2 Å². The number of nitrogens with one attached hydrogen (secondary N) is 1. The number of rotatable bonds is 4. The van der Waals surface area contributed by atoms with Crippen molar-refractivity contribution < 1.29 is 9.59 Å². The zero-order valence-electron chi connectivity index (χ0n) is 6.33. The second kappa shape index (κ2) is 5.01. The molecule has 0 saturated carbocycles. The van der Waals surface area contributed by atoms with Crippen molar-refractivity contribution in [2.75, 3.05) is 5.75 Å². The Labute approximate surface area is 70.9 Å². The van der Waals surface area contributed by atoms with Crippen molar-refractivity contribution in [2.24, 2.45) is 5.73 Å². The SMILES string of the molecule is CC(=O)N[C@@H](CCS)C(N)=O. The van der Waals surface area contributed by atoms with E-state index >= 15 is 0 Å². The Bertz CT molecular complexity index is 161. The average molecular weight is 176 g/mol. The minimum Gasteiger partial charge on any atom is -0.368 e. The molecule has 11 heavy (non-hydrogen) atoms. The van der Waals surface area contributed by atoms with Crippen LogP contribution in [0.5, 0.6) is 0 Å². The lowest BCUT2D eigenvalue weighted by molar-refractivity contribution is -0.126. The second-order valence-electron chi connectivity index (χ2n) is 2.17. The van der Waals surface area contributed by atoms with Gasteiger partial charge in [-0.25, -0.2) is 0 Å². The van der Waals surface area contributed by atoms with E-state index in [4.69, 9.17) is 5.73 Å². The second-order valence-corrected chi connectivity index (χ2v) is 2.61. The lowest BCUT2D eigenvalue weighted by atomic mass is 10.2. The van der Waals surface area contributed by atoms with Crippen molar-refractivity contribution in [3.05, 3.63) is 0 Å². The largest absolute Gasteiger partial charge is 0.368 e. The molecule has 0 spiro atoms. The third-order valence-electron chi connectivity index (χ3n) is 1.14. The van der Waals surface area contributed by atoms with Crippen LogP contribution in [-0.2, 0) is 9.59 Å². The van der Waals surface area contributed by atoms with E-state index in [-0.39, 0.29) is 5.91 Å². The third-order valence-corrected chi connectivity index (χ3v) is 1.40. The van der Waals surface area contributed by atoms with E-state index in [0.717, 1.165) is 0 Å². The van der Waals surface area contributed by atoms with Crippen LogP contribution in [0.1, 0.15) is 13.3 Å². The zero-order valence-corrected chi connectivity index (χ0v) is 7.23. The van der Waals surface area contributed by atoms with E-state index in [1.54, 1.807) is 0 Å². The van der Waals surface area contributed by atoms with E-state index in [2.05, 4.69) is 17.9 Å². The molecule has 0 bridgehead atoms. The van der Waals surface area contributed by atoms with Gasteiger partial charge in [0.25, 0.3) is 0 Å². The van der Waals surface area contributed by atoms with Crippen LogP contribution in [0.4, 0.5) is 0 Å². The van der Waals surface area contributed by atoms with E-state index in [1.165, 1.54) is 6.92 Å². The predicted octanol–water partition coefficient (Wildman–Crippen LogP) is -0.704. The van der Waals surface area contributed by atoms with E-state index < -0.39 is 11.9 Å². The Morgan fingerprint density at radius 1 is 1.64 bits per heavy atom. The molecular weight excluding hydrogens is 164 g/mol. The van der Waals surface area contributed by atoms with Gasteiger partial charge in [0.1, 0.15) is 6.04 Å². The number of hydrogen-bond acceptors (Lipinski definition) is 3. The number of hydrogen-bond donors (Lipinski definition) is 3. The molecule has 0 aliphatic carbocycles. The van der Waals surface area contributed by atoms with Crippen molar-refractivity contribution >= 4 is 24.4 Å². The Hall–Kier alpha value is -0.710. The van der Waals surface area contributed by atoms with Gasteiger partial charge < -0.3 is 11.1 Å². The smallest absolute Gasteiger partial charge is 0.240 e.